The van der Waals surface area contributed by atoms with E-state index in [-0.39, 0.29) is 36.8 Å². The van der Waals surface area contributed by atoms with E-state index in [0.717, 1.165) is 50.6 Å². The van der Waals surface area contributed by atoms with Crippen LogP contribution in [0.5, 0.6) is 0 Å². The van der Waals surface area contributed by atoms with Gasteiger partial charge in [0.15, 0.2) is 0 Å². The van der Waals surface area contributed by atoms with Crippen LogP contribution in [0.25, 0.3) is 0 Å². The fourth-order valence-corrected chi connectivity index (χ4v) is 5.76. The predicted octanol–water partition coefficient (Wildman–Crippen LogP) is 2.72. The molecule has 0 aromatic carbocycles. The molecule has 1 aromatic heterocycles. The third-order valence-corrected chi connectivity index (χ3v) is 6.95. The maximum Gasteiger partial charge on any atom is 0.341 e. The molecule has 8 heteroatoms. The average Bonchev–Trinajstić information content (AvgIpc) is 2.99. The van der Waals surface area contributed by atoms with E-state index in [1.807, 2.05) is 4.90 Å². The van der Waals surface area contributed by atoms with Crippen molar-refractivity contribution in [3.63, 3.8) is 0 Å². The molecule has 3 N–H and O–H groups in total. The van der Waals surface area contributed by atoms with E-state index < -0.39 is 0 Å². The molecule has 1 saturated heterocycles. The maximum atomic E-state index is 12.8. The maximum absolute atomic E-state index is 12.8. The monoisotopic (exact) mass is 421 g/mol. The van der Waals surface area contributed by atoms with E-state index in [0.29, 0.717) is 23.1 Å². The van der Waals surface area contributed by atoms with E-state index in [1.54, 1.807) is 6.92 Å². The molecule has 29 heavy (non-hydrogen) atoms. The van der Waals surface area contributed by atoms with Crippen molar-refractivity contribution in [2.45, 2.75) is 64.8 Å². The second-order valence-corrected chi connectivity index (χ2v) is 9.22. The van der Waals surface area contributed by atoms with Crippen LogP contribution in [-0.2, 0) is 27.2 Å². The zero-order valence-electron chi connectivity index (χ0n) is 17.3. The Morgan fingerprint density at radius 2 is 2.07 bits per heavy atom. The van der Waals surface area contributed by atoms with Crippen molar-refractivity contribution in [3.05, 3.63) is 16.0 Å². The fraction of sp³-hybridized carbons (Fsp3) is 0.667. The number of thiophene rings is 1. The minimum absolute atomic E-state index is 0.00826. The van der Waals surface area contributed by atoms with Crippen LogP contribution in [0.3, 0.4) is 0 Å². The van der Waals surface area contributed by atoms with Crippen molar-refractivity contribution >= 4 is 34.1 Å². The molecule has 0 radical (unpaired) electrons. The minimum Gasteiger partial charge on any atom is -0.462 e. The normalized spacial score (nSPS) is 22.0. The summed E-state index contributed by atoms with van der Waals surface area (Å²) < 4.78 is 5.27. The number of likely N-dealkylation sites (tertiary alicyclic amines) is 1. The molecule has 0 saturated carbocycles. The number of piperidine rings is 1. The minimum atomic E-state index is -0.362. The zero-order chi connectivity index (χ0) is 21.0. The number of rotatable bonds is 7. The van der Waals surface area contributed by atoms with Crippen LogP contribution in [0.15, 0.2) is 0 Å². The highest BCUT2D eigenvalue weighted by Gasteiger charge is 2.30. The van der Waals surface area contributed by atoms with E-state index in [2.05, 4.69) is 12.2 Å². The number of carbonyl (C=O) groups excluding carboxylic acids is 3. The molecule has 2 aliphatic rings. The van der Waals surface area contributed by atoms with E-state index in [1.165, 1.54) is 16.2 Å². The number of amides is 2. The fourth-order valence-electron chi connectivity index (χ4n) is 4.34. The lowest BCUT2D eigenvalue weighted by Gasteiger charge is -2.34. The molecule has 1 aliphatic heterocycles. The van der Waals surface area contributed by atoms with Gasteiger partial charge >= 0.3 is 5.97 Å². The number of hydrogen-bond donors (Lipinski definition) is 2. The van der Waals surface area contributed by atoms with Gasteiger partial charge in [0.25, 0.3) is 0 Å². The molecule has 7 nitrogen and oxygen atoms in total. The Morgan fingerprint density at radius 1 is 1.28 bits per heavy atom. The van der Waals surface area contributed by atoms with E-state index in [4.69, 9.17) is 10.5 Å². The first kappa shape index (κ1) is 21.8. The van der Waals surface area contributed by atoms with Crippen molar-refractivity contribution in [1.82, 2.24) is 4.90 Å². The first-order valence-corrected chi connectivity index (χ1v) is 11.3. The lowest BCUT2D eigenvalue weighted by Crippen LogP contribution is -2.45. The first-order chi connectivity index (χ1) is 13.9. The number of primary amides is 1. The molecule has 160 valence electrons. The number of hydrogen-bond acceptors (Lipinski definition) is 6. The molecule has 2 heterocycles. The summed E-state index contributed by atoms with van der Waals surface area (Å²) in [5.41, 5.74) is 6.93. The molecule has 1 aromatic rings. The Hall–Kier alpha value is -1.93. The van der Waals surface area contributed by atoms with Crippen LogP contribution in [0.4, 0.5) is 5.00 Å². The molecule has 0 spiro atoms. The summed E-state index contributed by atoms with van der Waals surface area (Å²) in [7, 11) is 0. The van der Waals surface area contributed by atoms with Crippen LogP contribution in [0.1, 0.15) is 66.8 Å². The van der Waals surface area contributed by atoms with Gasteiger partial charge in [-0.3, -0.25) is 14.5 Å². The number of anilines is 1. The van der Waals surface area contributed by atoms with Crippen LogP contribution in [-0.4, -0.2) is 48.4 Å². The van der Waals surface area contributed by atoms with Gasteiger partial charge in [0.05, 0.1) is 18.7 Å². The van der Waals surface area contributed by atoms with Gasteiger partial charge in [0.2, 0.25) is 11.8 Å². The summed E-state index contributed by atoms with van der Waals surface area (Å²) in [6.07, 6.45) is 5.98. The van der Waals surface area contributed by atoms with Crippen molar-refractivity contribution < 1.29 is 19.1 Å². The molecule has 1 aliphatic carbocycles. The molecule has 0 bridgehead atoms. The second-order valence-electron chi connectivity index (χ2n) is 8.12. The summed E-state index contributed by atoms with van der Waals surface area (Å²) >= 11 is 1.50. The highest BCUT2D eigenvalue weighted by atomic mass is 32.1. The number of esters is 1. The van der Waals surface area contributed by atoms with Gasteiger partial charge in [-0.1, -0.05) is 13.3 Å². The lowest BCUT2D eigenvalue weighted by atomic mass is 9.88. The summed E-state index contributed by atoms with van der Waals surface area (Å²) in [6, 6.07) is 0.00826. The summed E-state index contributed by atoms with van der Waals surface area (Å²) in [5, 5.41) is 3.56. The third kappa shape index (κ3) is 5.36. The molecule has 0 unspecified atom stereocenters. The Labute approximate surface area is 176 Å². The lowest BCUT2D eigenvalue weighted by molar-refractivity contribution is -0.122. The Kier molecular flexibility index (Phi) is 7.29. The van der Waals surface area contributed by atoms with Gasteiger partial charge in [-0.15, -0.1) is 11.3 Å². The summed E-state index contributed by atoms with van der Waals surface area (Å²) in [6.45, 7) is 5.26. The predicted molar refractivity (Wildman–Crippen MR) is 113 cm³/mol. The third-order valence-electron chi connectivity index (χ3n) is 5.78. The quantitative estimate of drug-likeness (QED) is 0.659. The van der Waals surface area contributed by atoms with Gasteiger partial charge in [-0.2, -0.15) is 0 Å². The van der Waals surface area contributed by atoms with Crippen molar-refractivity contribution in [2.24, 2.45) is 11.7 Å². The first-order valence-electron chi connectivity index (χ1n) is 10.5. The number of nitrogens with two attached hydrogens (primary N) is 1. The van der Waals surface area contributed by atoms with Crippen LogP contribution in [0, 0.1) is 5.92 Å². The van der Waals surface area contributed by atoms with Gasteiger partial charge in [-0.25, -0.2) is 4.79 Å². The molecule has 1 fully saturated rings. The number of nitrogens with zero attached hydrogens (tertiary/aromatic N) is 1. The Balaban J connectivity index is 1.75. The number of carbonyl (C=O) groups is 3. The average molecular weight is 422 g/mol. The van der Waals surface area contributed by atoms with E-state index >= 15 is 0 Å². The second kappa shape index (κ2) is 9.71. The van der Waals surface area contributed by atoms with Gasteiger partial charge in [0, 0.05) is 17.3 Å². The molecular formula is C21H31N3O4S. The topological polar surface area (TPSA) is 102 Å². The molecule has 2 atom stereocenters. The number of nitrogens with one attached hydrogen (secondary N) is 1. The zero-order valence-corrected chi connectivity index (χ0v) is 18.1. The smallest absolute Gasteiger partial charge is 0.341 e. The highest BCUT2D eigenvalue weighted by molar-refractivity contribution is 7.17. The number of ether oxygens (including phenoxy) is 1. The molecule has 3 rings (SSSR count). The Bertz CT molecular complexity index is 776. The van der Waals surface area contributed by atoms with Gasteiger partial charge in [-0.05, 0) is 57.1 Å². The van der Waals surface area contributed by atoms with Crippen LogP contribution >= 0.6 is 11.3 Å². The summed E-state index contributed by atoms with van der Waals surface area (Å²) in [5.74, 6) is -0.299. The van der Waals surface area contributed by atoms with Crippen LogP contribution < -0.4 is 11.1 Å². The molecular weight excluding hydrogens is 390 g/mol. The van der Waals surface area contributed by atoms with Crippen molar-refractivity contribution in [3.8, 4) is 0 Å². The standard InChI is InChI=1S/C21H31N3O4S/c1-3-28-21(27)19-15-8-7-13(2)10-16(15)29-20(19)23-18(26)12-24-9-5-4-6-14(24)11-17(22)25/h13-14H,3-12H2,1-2H3,(H2,22,25)(H,23,26)/t13-,14-/m1/s1. The van der Waals surface area contributed by atoms with Gasteiger partial charge < -0.3 is 15.8 Å². The SMILES string of the molecule is CCOC(=O)c1c(NC(=O)CN2CCCC[C@@H]2CC(N)=O)sc2c1CC[C@@H](C)C2. The van der Waals surface area contributed by atoms with Gasteiger partial charge in [0.1, 0.15) is 5.00 Å². The summed E-state index contributed by atoms with van der Waals surface area (Å²) in [4.78, 5) is 40.0. The molecule has 2 amide bonds. The van der Waals surface area contributed by atoms with E-state index in [9.17, 15) is 14.4 Å². The highest BCUT2D eigenvalue weighted by Crippen LogP contribution is 2.40. The van der Waals surface area contributed by atoms with Crippen molar-refractivity contribution in [2.75, 3.05) is 25.0 Å². The van der Waals surface area contributed by atoms with Crippen molar-refractivity contribution in [1.29, 1.82) is 0 Å². The number of fused-ring (bicyclic) bond motifs is 1. The van der Waals surface area contributed by atoms with Crippen LogP contribution in [0.2, 0.25) is 0 Å². The largest absolute Gasteiger partial charge is 0.462 e. The Morgan fingerprint density at radius 3 is 2.79 bits per heavy atom.